The van der Waals surface area contributed by atoms with Crippen LogP contribution in [0, 0.1) is 0 Å². The minimum absolute atomic E-state index is 0.117. The Bertz CT molecular complexity index is 620. The number of thiazole rings is 1. The normalized spacial score (nSPS) is 11.8. The van der Waals surface area contributed by atoms with Crippen molar-refractivity contribution in [1.29, 1.82) is 0 Å². The maximum Gasteiger partial charge on any atom is 0.250 e. The molecule has 0 fully saturated rings. The van der Waals surface area contributed by atoms with E-state index < -0.39 is 10.0 Å². The van der Waals surface area contributed by atoms with Crippen LogP contribution in [0.15, 0.2) is 21.7 Å². The van der Waals surface area contributed by atoms with Crippen LogP contribution in [0.1, 0.15) is 5.69 Å². The Labute approximate surface area is 111 Å². The van der Waals surface area contributed by atoms with Crippen molar-refractivity contribution < 1.29 is 8.42 Å². The molecule has 0 bridgehead atoms. The lowest BCUT2D eigenvalue weighted by Gasteiger charge is -2.01. The highest BCUT2D eigenvalue weighted by atomic mass is 35.5. The van der Waals surface area contributed by atoms with Crippen LogP contribution >= 0.6 is 34.3 Å². The van der Waals surface area contributed by atoms with Gasteiger partial charge in [0.05, 0.1) is 16.6 Å². The number of anilines is 1. The van der Waals surface area contributed by atoms with Crippen molar-refractivity contribution in [3.63, 3.8) is 0 Å². The molecule has 0 aromatic carbocycles. The lowest BCUT2D eigenvalue weighted by Crippen LogP contribution is -2.22. The third-order valence-electron chi connectivity index (χ3n) is 1.83. The number of rotatable bonds is 4. The molecule has 2 aromatic rings. The van der Waals surface area contributed by atoms with Crippen molar-refractivity contribution in [2.45, 2.75) is 10.8 Å². The van der Waals surface area contributed by atoms with Gasteiger partial charge in [-0.25, -0.2) is 18.1 Å². The zero-order valence-electron chi connectivity index (χ0n) is 8.38. The van der Waals surface area contributed by atoms with Gasteiger partial charge >= 0.3 is 0 Å². The molecule has 3 N–H and O–H groups in total. The number of halogens is 1. The number of hydrogen-bond acceptors (Lipinski definition) is 6. The number of aromatic nitrogens is 1. The van der Waals surface area contributed by atoms with Gasteiger partial charge in [0.25, 0.3) is 0 Å². The third-order valence-corrected chi connectivity index (χ3v) is 5.67. The number of nitrogens with zero attached hydrogens (tertiary/aromatic N) is 1. The lowest BCUT2D eigenvalue weighted by molar-refractivity contribution is 0.583. The molecule has 0 radical (unpaired) electrons. The number of nitrogens with two attached hydrogens (primary N) is 1. The van der Waals surface area contributed by atoms with Gasteiger partial charge in [0, 0.05) is 5.38 Å². The van der Waals surface area contributed by atoms with Gasteiger partial charge in [-0.1, -0.05) is 11.6 Å². The van der Waals surface area contributed by atoms with Crippen LogP contribution in [0.4, 0.5) is 5.13 Å². The molecule has 0 amide bonds. The molecule has 0 aliphatic carbocycles. The zero-order chi connectivity index (χ0) is 12.5. The predicted octanol–water partition coefficient (Wildman–Crippen LogP) is 1.92. The first kappa shape index (κ1) is 12.8. The van der Waals surface area contributed by atoms with E-state index in [4.69, 9.17) is 17.3 Å². The molecule has 0 atom stereocenters. The summed E-state index contributed by atoms with van der Waals surface area (Å²) in [7, 11) is -3.52. The molecular formula is C8H8ClN3O2S3. The first-order chi connectivity index (χ1) is 7.97. The van der Waals surface area contributed by atoms with Crippen LogP contribution in [-0.2, 0) is 16.6 Å². The van der Waals surface area contributed by atoms with Gasteiger partial charge in [0.15, 0.2) is 5.13 Å². The summed E-state index contributed by atoms with van der Waals surface area (Å²) in [5, 5.41) is 2.12. The van der Waals surface area contributed by atoms with E-state index >= 15 is 0 Å². The van der Waals surface area contributed by atoms with Gasteiger partial charge in [0.1, 0.15) is 4.21 Å². The minimum Gasteiger partial charge on any atom is -0.375 e. The average molecular weight is 310 g/mol. The van der Waals surface area contributed by atoms with Gasteiger partial charge in [-0.05, 0) is 12.1 Å². The molecule has 0 aliphatic heterocycles. The molecule has 0 saturated carbocycles. The molecule has 17 heavy (non-hydrogen) atoms. The number of sulfonamides is 1. The van der Waals surface area contributed by atoms with E-state index in [-0.39, 0.29) is 10.8 Å². The van der Waals surface area contributed by atoms with E-state index in [2.05, 4.69) is 9.71 Å². The largest absolute Gasteiger partial charge is 0.375 e. The fraction of sp³-hybridized carbons (Fsp3) is 0.125. The Morgan fingerprint density at radius 1 is 1.47 bits per heavy atom. The average Bonchev–Trinajstić information content (AvgIpc) is 2.85. The maximum absolute atomic E-state index is 11.8. The van der Waals surface area contributed by atoms with Crippen molar-refractivity contribution in [2.24, 2.45) is 0 Å². The standard InChI is InChI=1S/C8H8ClN3O2S3/c9-6-1-2-7(16-6)17(13,14)11-3-5-4-15-8(10)12-5/h1-2,4,11H,3H2,(H2,10,12). The summed E-state index contributed by atoms with van der Waals surface area (Å²) in [6.07, 6.45) is 0. The van der Waals surface area contributed by atoms with Gasteiger partial charge in [-0.2, -0.15) is 0 Å². The Morgan fingerprint density at radius 3 is 2.76 bits per heavy atom. The van der Waals surface area contributed by atoms with E-state index in [1.165, 1.54) is 17.4 Å². The van der Waals surface area contributed by atoms with Crippen molar-refractivity contribution in [1.82, 2.24) is 9.71 Å². The maximum atomic E-state index is 11.8. The Balaban J connectivity index is 2.08. The monoisotopic (exact) mass is 309 g/mol. The predicted molar refractivity (Wildman–Crippen MR) is 69.9 cm³/mol. The summed E-state index contributed by atoms with van der Waals surface area (Å²) in [6.45, 7) is 0.117. The van der Waals surface area contributed by atoms with E-state index in [0.717, 1.165) is 11.3 Å². The molecule has 2 aromatic heterocycles. The summed E-state index contributed by atoms with van der Waals surface area (Å²) >= 11 is 7.96. The van der Waals surface area contributed by atoms with Crippen molar-refractivity contribution in [3.8, 4) is 0 Å². The molecule has 92 valence electrons. The smallest absolute Gasteiger partial charge is 0.250 e. The number of nitrogens with one attached hydrogen (secondary N) is 1. The van der Waals surface area contributed by atoms with Crippen LogP contribution in [0.25, 0.3) is 0 Å². The molecular weight excluding hydrogens is 302 g/mol. The van der Waals surface area contributed by atoms with E-state index in [1.807, 2.05) is 0 Å². The highest BCUT2D eigenvalue weighted by Crippen LogP contribution is 2.25. The third kappa shape index (κ3) is 3.17. The molecule has 0 saturated heterocycles. The summed E-state index contributed by atoms with van der Waals surface area (Å²) in [5.74, 6) is 0. The SMILES string of the molecule is Nc1nc(CNS(=O)(=O)c2ccc(Cl)s2)cs1. The molecule has 5 nitrogen and oxygen atoms in total. The van der Waals surface area contributed by atoms with Crippen LogP contribution in [0.5, 0.6) is 0 Å². The van der Waals surface area contributed by atoms with Gasteiger partial charge in [-0.3, -0.25) is 0 Å². The Kier molecular flexibility index (Phi) is 3.69. The molecule has 0 unspecified atom stereocenters. The number of nitrogen functional groups attached to an aromatic ring is 1. The van der Waals surface area contributed by atoms with Crippen LogP contribution < -0.4 is 10.5 Å². The molecule has 2 heterocycles. The van der Waals surface area contributed by atoms with E-state index in [1.54, 1.807) is 11.4 Å². The van der Waals surface area contributed by atoms with E-state index in [0.29, 0.717) is 15.2 Å². The molecule has 0 spiro atoms. The van der Waals surface area contributed by atoms with Crippen LogP contribution in [0.3, 0.4) is 0 Å². The van der Waals surface area contributed by atoms with Gasteiger partial charge in [-0.15, -0.1) is 22.7 Å². The second kappa shape index (κ2) is 4.91. The quantitative estimate of drug-likeness (QED) is 0.903. The minimum atomic E-state index is -3.52. The van der Waals surface area contributed by atoms with Crippen LogP contribution in [-0.4, -0.2) is 13.4 Å². The Hall–Kier alpha value is -0.670. The summed E-state index contributed by atoms with van der Waals surface area (Å²) in [5.41, 5.74) is 6.04. The number of thiophene rings is 1. The summed E-state index contributed by atoms with van der Waals surface area (Å²) in [6, 6.07) is 3.01. The highest BCUT2D eigenvalue weighted by molar-refractivity contribution is 7.91. The van der Waals surface area contributed by atoms with E-state index in [9.17, 15) is 8.42 Å². The second-order valence-electron chi connectivity index (χ2n) is 3.06. The first-order valence-electron chi connectivity index (χ1n) is 4.42. The highest BCUT2D eigenvalue weighted by Gasteiger charge is 2.16. The molecule has 2 rings (SSSR count). The van der Waals surface area contributed by atoms with Crippen molar-refractivity contribution >= 4 is 49.4 Å². The van der Waals surface area contributed by atoms with Crippen molar-refractivity contribution in [3.05, 3.63) is 27.5 Å². The van der Waals surface area contributed by atoms with Gasteiger partial charge in [0.2, 0.25) is 10.0 Å². The second-order valence-corrected chi connectivity index (χ2v) is 7.66. The summed E-state index contributed by atoms with van der Waals surface area (Å²) < 4.78 is 26.7. The van der Waals surface area contributed by atoms with Gasteiger partial charge < -0.3 is 5.73 Å². The Morgan fingerprint density at radius 2 is 2.24 bits per heavy atom. The fourth-order valence-corrected chi connectivity index (χ4v) is 4.18. The molecule has 0 aliphatic rings. The summed E-state index contributed by atoms with van der Waals surface area (Å²) in [4.78, 5) is 3.96. The topological polar surface area (TPSA) is 85.1 Å². The van der Waals surface area contributed by atoms with Crippen molar-refractivity contribution in [2.75, 3.05) is 5.73 Å². The zero-order valence-corrected chi connectivity index (χ0v) is 11.6. The van der Waals surface area contributed by atoms with Crippen LogP contribution in [0.2, 0.25) is 4.34 Å². The fourth-order valence-electron chi connectivity index (χ4n) is 1.09. The lowest BCUT2D eigenvalue weighted by atomic mass is 10.5. The number of hydrogen-bond donors (Lipinski definition) is 2. The first-order valence-corrected chi connectivity index (χ1v) is 7.98. The molecule has 9 heteroatoms.